The fraction of sp³-hybridized carbons (Fsp3) is 0.0952. The normalized spacial score (nSPS) is 15.5. The summed E-state index contributed by atoms with van der Waals surface area (Å²) in [6.45, 7) is 0.423. The maximum Gasteiger partial charge on any atom is 0.258 e. The van der Waals surface area contributed by atoms with Gasteiger partial charge in [-0.05, 0) is 29.8 Å². The van der Waals surface area contributed by atoms with E-state index in [0.29, 0.717) is 29.1 Å². The van der Waals surface area contributed by atoms with Crippen molar-refractivity contribution >= 4 is 17.5 Å². The molecule has 0 bridgehead atoms. The Labute approximate surface area is 156 Å². The molecule has 2 aromatic carbocycles. The molecule has 0 saturated heterocycles. The molecule has 3 N–H and O–H groups in total. The number of amides is 2. The minimum absolute atomic E-state index is 0.101. The number of nitrogens with zero attached hydrogens (tertiary/aromatic N) is 2. The van der Waals surface area contributed by atoms with E-state index in [1.807, 2.05) is 36.4 Å². The third-order valence-electron chi connectivity index (χ3n) is 4.58. The molecule has 0 radical (unpaired) electrons. The number of hydrogen-bond acceptors (Lipinski definition) is 4. The highest BCUT2D eigenvalue weighted by atomic mass is 16.2. The average Bonchev–Trinajstić information content (AvgIpc) is 2.95. The first-order chi connectivity index (χ1) is 13.1. The summed E-state index contributed by atoms with van der Waals surface area (Å²) in [5.41, 5.74) is 8.63. The van der Waals surface area contributed by atoms with Crippen LogP contribution in [0.2, 0.25) is 0 Å². The van der Waals surface area contributed by atoms with Crippen molar-refractivity contribution in [2.75, 3.05) is 5.32 Å². The molecule has 0 saturated carbocycles. The number of anilines is 1. The molecule has 0 unspecified atom stereocenters. The van der Waals surface area contributed by atoms with E-state index in [4.69, 9.17) is 5.73 Å². The molecule has 0 aliphatic carbocycles. The molecule has 2 amide bonds. The average molecular weight is 358 g/mol. The Morgan fingerprint density at radius 2 is 1.78 bits per heavy atom. The second-order valence-electron chi connectivity index (χ2n) is 6.31. The number of benzene rings is 2. The van der Waals surface area contributed by atoms with Crippen LogP contribution >= 0.6 is 0 Å². The highest BCUT2D eigenvalue weighted by Crippen LogP contribution is 2.34. The lowest BCUT2D eigenvalue weighted by Gasteiger charge is -2.27. The van der Waals surface area contributed by atoms with E-state index in [1.165, 1.54) is 0 Å². The minimum Gasteiger partial charge on any atom is -0.366 e. The number of pyridine rings is 1. The lowest BCUT2D eigenvalue weighted by atomic mass is 10.1. The number of carbonyl (C=O) groups excluding carboxylic acids is 2. The predicted octanol–water partition coefficient (Wildman–Crippen LogP) is 2.95. The molecule has 0 fully saturated rings. The van der Waals surface area contributed by atoms with E-state index in [9.17, 15) is 9.59 Å². The molecule has 1 aliphatic rings. The summed E-state index contributed by atoms with van der Waals surface area (Å²) in [4.78, 5) is 30.9. The van der Waals surface area contributed by atoms with Gasteiger partial charge in [-0.2, -0.15) is 0 Å². The second kappa shape index (κ2) is 6.92. The van der Waals surface area contributed by atoms with Gasteiger partial charge in [0.05, 0.1) is 16.8 Å². The van der Waals surface area contributed by atoms with Gasteiger partial charge in [0.2, 0.25) is 0 Å². The first kappa shape index (κ1) is 16.8. The van der Waals surface area contributed by atoms with Crippen LogP contribution in [-0.4, -0.2) is 21.7 Å². The molecule has 0 spiro atoms. The van der Waals surface area contributed by atoms with Crippen molar-refractivity contribution in [2.24, 2.45) is 5.73 Å². The quantitative estimate of drug-likeness (QED) is 0.734. The van der Waals surface area contributed by atoms with Crippen molar-refractivity contribution in [3.63, 3.8) is 0 Å². The lowest BCUT2D eigenvalue weighted by Crippen LogP contribution is -2.32. The number of aromatic nitrogens is 1. The number of primary amides is 1. The summed E-state index contributed by atoms with van der Waals surface area (Å²) in [6.07, 6.45) is 1.17. The van der Waals surface area contributed by atoms with Crippen molar-refractivity contribution in [3.05, 3.63) is 95.3 Å². The van der Waals surface area contributed by atoms with Gasteiger partial charge in [-0.3, -0.25) is 14.6 Å². The zero-order valence-corrected chi connectivity index (χ0v) is 14.5. The van der Waals surface area contributed by atoms with Crippen LogP contribution in [0.3, 0.4) is 0 Å². The first-order valence-corrected chi connectivity index (χ1v) is 8.60. The van der Waals surface area contributed by atoms with Gasteiger partial charge in [0, 0.05) is 18.4 Å². The first-order valence-electron chi connectivity index (χ1n) is 8.60. The monoisotopic (exact) mass is 358 g/mol. The maximum absolute atomic E-state index is 13.0. The molecule has 1 aliphatic heterocycles. The number of carbonyl (C=O) groups is 2. The molecule has 4 rings (SSSR count). The number of nitrogens with two attached hydrogens (primary N) is 1. The minimum atomic E-state index is -0.529. The van der Waals surface area contributed by atoms with Gasteiger partial charge in [-0.1, -0.05) is 42.5 Å². The summed E-state index contributed by atoms with van der Waals surface area (Å²) in [6, 6.07) is 20.3. The summed E-state index contributed by atoms with van der Waals surface area (Å²) in [5, 5.41) is 3.29. The SMILES string of the molecule is NC(=O)c1ccccc1N[C@H]1c2ncccc2C(=O)N1Cc1ccccc1. The second-order valence-corrected chi connectivity index (χ2v) is 6.31. The number of rotatable bonds is 5. The zero-order valence-electron chi connectivity index (χ0n) is 14.5. The van der Waals surface area contributed by atoms with E-state index in [2.05, 4.69) is 10.3 Å². The smallest absolute Gasteiger partial charge is 0.258 e. The van der Waals surface area contributed by atoms with Gasteiger partial charge in [-0.15, -0.1) is 0 Å². The standard InChI is InChI=1S/C21H18N4O2/c22-19(26)15-9-4-5-11-17(15)24-20-18-16(10-6-12-23-18)21(27)25(20)13-14-7-2-1-3-8-14/h1-12,20,24H,13H2,(H2,22,26)/t20-/m1/s1. The van der Waals surface area contributed by atoms with E-state index in [0.717, 1.165) is 5.56 Å². The highest BCUT2D eigenvalue weighted by molar-refractivity contribution is 6.00. The van der Waals surface area contributed by atoms with Gasteiger partial charge in [0.1, 0.15) is 6.17 Å². The number of nitrogens with one attached hydrogen (secondary N) is 1. The number of fused-ring (bicyclic) bond motifs is 1. The number of hydrogen-bond donors (Lipinski definition) is 2. The van der Waals surface area contributed by atoms with Gasteiger partial charge in [0.25, 0.3) is 11.8 Å². The molecular weight excluding hydrogens is 340 g/mol. The maximum atomic E-state index is 13.0. The van der Waals surface area contributed by atoms with E-state index in [-0.39, 0.29) is 5.91 Å². The van der Waals surface area contributed by atoms with Crippen LogP contribution in [0.15, 0.2) is 72.9 Å². The van der Waals surface area contributed by atoms with Crippen molar-refractivity contribution in [2.45, 2.75) is 12.7 Å². The third kappa shape index (κ3) is 3.13. The molecule has 6 nitrogen and oxygen atoms in total. The van der Waals surface area contributed by atoms with E-state index in [1.54, 1.807) is 41.4 Å². The molecular formula is C21H18N4O2. The Bertz CT molecular complexity index is 1000. The van der Waals surface area contributed by atoms with Crippen LogP contribution in [0.5, 0.6) is 0 Å². The van der Waals surface area contributed by atoms with Crippen molar-refractivity contribution < 1.29 is 9.59 Å². The van der Waals surface area contributed by atoms with Crippen LogP contribution in [-0.2, 0) is 6.54 Å². The fourth-order valence-corrected chi connectivity index (χ4v) is 3.30. The Balaban J connectivity index is 1.73. The topological polar surface area (TPSA) is 88.3 Å². The highest BCUT2D eigenvalue weighted by Gasteiger charge is 2.38. The summed E-state index contributed by atoms with van der Waals surface area (Å²) < 4.78 is 0. The van der Waals surface area contributed by atoms with Gasteiger partial charge in [-0.25, -0.2) is 0 Å². The summed E-state index contributed by atoms with van der Waals surface area (Å²) >= 11 is 0. The van der Waals surface area contributed by atoms with Crippen molar-refractivity contribution in [3.8, 4) is 0 Å². The van der Waals surface area contributed by atoms with Gasteiger partial charge in [0.15, 0.2) is 0 Å². The Kier molecular flexibility index (Phi) is 4.30. The predicted molar refractivity (Wildman–Crippen MR) is 102 cm³/mol. The van der Waals surface area contributed by atoms with Gasteiger partial charge >= 0.3 is 0 Å². The Hall–Kier alpha value is -3.67. The zero-order chi connectivity index (χ0) is 18.8. The van der Waals surface area contributed by atoms with Crippen molar-refractivity contribution in [1.82, 2.24) is 9.88 Å². The van der Waals surface area contributed by atoms with Crippen LogP contribution in [0.1, 0.15) is 38.1 Å². The molecule has 3 aromatic rings. The molecule has 27 heavy (non-hydrogen) atoms. The lowest BCUT2D eigenvalue weighted by molar-refractivity contribution is 0.0727. The molecule has 1 aromatic heterocycles. The summed E-state index contributed by atoms with van der Waals surface area (Å²) in [7, 11) is 0. The largest absolute Gasteiger partial charge is 0.366 e. The number of para-hydroxylation sites is 1. The van der Waals surface area contributed by atoms with Crippen LogP contribution in [0.25, 0.3) is 0 Å². The summed E-state index contributed by atoms with van der Waals surface area (Å²) in [5.74, 6) is -0.630. The van der Waals surface area contributed by atoms with Crippen LogP contribution in [0.4, 0.5) is 5.69 Å². The molecule has 6 heteroatoms. The molecule has 1 atom stereocenters. The third-order valence-corrected chi connectivity index (χ3v) is 4.58. The van der Waals surface area contributed by atoms with E-state index >= 15 is 0 Å². The molecule has 2 heterocycles. The van der Waals surface area contributed by atoms with Crippen molar-refractivity contribution in [1.29, 1.82) is 0 Å². The van der Waals surface area contributed by atoms with E-state index < -0.39 is 12.1 Å². The molecule has 134 valence electrons. The van der Waals surface area contributed by atoms with Crippen LogP contribution in [0, 0.1) is 0 Å². The van der Waals surface area contributed by atoms with Crippen LogP contribution < -0.4 is 11.1 Å². The Morgan fingerprint density at radius 3 is 2.56 bits per heavy atom. The van der Waals surface area contributed by atoms with Gasteiger partial charge < -0.3 is 16.0 Å². The Morgan fingerprint density at radius 1 is 1.04 bits per heavy atom. The fourth-order valence-electron chi connectivity index (χ4n) is 3.30.